The van der Waals surface area contributed by atoms with E-state index in [9.17, 15) is 9.59 Å². The Kier molecular flexibility index (Phi) is 6.14. The molecule has 0 N–H and O–H groups in total. The van der Waals surface area contributed by atoms with Gasteiger partial charge in [0.1, 0.15) is 17.2 Å². The topological polar surface area (TPSA) is 76.0 Å². The van der Waals surface area contributed by atoms with E-state index >= 15 is 0 Å². The molecule has 3 aromatic rings. The molecule has 1 aromatic heterocycles. The summed E-state index contributed by atoms with van der Waals surface area (Å²) in [6, 6.07) is 9.21. The minimum atomic E-state index is -0.453. The molecule has 1 aliphatic rings. The van der Waals surface area contributed by atoms with E-state index < -0.39 is 5.97 Å². The molecule has 33 heavy (non-hydrogen) atoms. The largest absolute Gasteiger partial charge is 0.497 e. The van der Waals surface area contributed by atoms with Gasteiger partial charge in [-0.1, -0.05) is 0 Å². The summed E-state index contributed by atoms with van der Waals surface area (Å²) in [5.41, 5.74) is 3.03. The summed E-state index contributed by atoms with van der Waals surface area (Å²) in [7, 11) is 1.63. The molecular formula is C26H27NO6. The average Bonchev–Trinajstić information content (AvgIpc) is 3.30. The molecule has 0 aliphatic carbocycles. The molecule has 0 radical (unpaired) electrons. The van der Waals surface area contributed by atoms with Gasteiger partial charge in [-0.15, -0.1) is 0 Å². The third kappa shape index (κ3) is 4.31. The normalized spacial score (nSPS) is 14.0. The first-order valence-electron chi connectivity index (χ1n) is 10.9. The van der Waals surface area contributed by atoms with Crippen molar-refractivity contribution in [2.75, 3.05) is 13.7 Å². The summed E-state index contributed by atoms with van der Waals surface area (Å²) < 4.78 is 24.2. The Hall–Kier alpha value is -3.74. The van der Waals surface area contributed by atoms with E-state index in [1.54, 1.807) is 46.1 Å². The SMILES string of the molecule is CCn1cc(/C=C2/Oc3c(ccc(OCC(=O)OC(C)C)c3C)C2=O)c2cc(OC)ccc21. The molecule has 0 fully saturated rings. The highest BCUT2D eigenvalue weighted by Gasteiger charge is 2.30. The molecule has 0 saturated heterocycles. The Morgan fingerprint density at radius 3 is 2.70 bits per heavy atom. The average molecular weight is 450 g/mol. The van der Waals surface area contributed by atoms with Crippen LogP contribution < -0.4 is 14.2 Å². The van der Waals surface area contributed by atoms with Crippen LogP contribution in [0.15, 0.2) is 42.3 Å². The van der Waals surface area contributed by atoms with E-state index in [1.807, 2.05) is 24.4 Å². The van der Waals surface area contributed by atoms with Crippen LogP contribution in [0.3, 0.4) is 0 Å². The van der Waals surface area contributed by atoms with Gasteiger partial charge < -0.3 is 23.5 Å². The summed E-state index contributed by atoms with van der Waals surface area (Å²) in [5.74, 6) is 1.24. The molecule has 0 amide bonds. The van der Waals surface area contributed by atoms with Crippen molar-refractivity contribution in [2.45, 2.75) is 40.3 Å². The van der Waals surface area contributed by atoms with Crippen molar-refractivity contribution in [1.82, 2.24) is 4.57 Å². The number of methoxy groups -OCH3 is 1. The molecule has 0 bridgehead atoms. The predicted molar refractivity (Wildman–Crippen MR) is 125 cm³/mol. The van der Waals surface area contributed by atoms with E-state index in [-0.39, 0.29) is 24.3 Å². The number of hydrogen-bond acceptors (Lipinski definition) is 6. The third-order valence-electron chi connectivity index (χ3n) is 5.50. The van der Waals surface area contributed by atoms with Gasteiger partial charge in [-0.3, -0.25) is 4.79 Å². The van der Waals surface area contributed by atoms with Crippen LogP contribution in [0.5, 0.6) is 17.2 Å². The zero-order valence-corrected chi connectivity index (χ0v) is 19.4. The van der Waals surface area contributed by atoms with E-state index in [1.165, 1.54) is 0 Å². The minimum Gasteiger partial charge on any atom is -0.497 e. The van der Waals surface area contributed by atoms with Crippen LogP contribution in [0.25, 0.3) is 17.0 Å². The molecule has 0 unspecified atom stereocenters. The fourth-order valence-corrected chi connectivity index (χ4v) is 3.91. The molecule has 0 atom stereocenters. The highest BCUT2D eigenvalue weighted by molar-refractivity contribution is 6.15. The highest BCUT2D eigenvalue weighted by Crippen LogP contribution is 2.40. The molecule has 4 rings (SSSR count). The molecule has 0 spiro atoms. The Bertz CT molecular complexity index is 1270. The number of hydrogen-bond donors (Lipinski definition) is 0. The third-order valence-corrected chi connectivity index (χ3v) is 5.50. The maximum Gasteiger partial charge on any atom is 0.344 e. The lowest BCUT2D eigenvalue weighted by Gasteiger charge is -2.12. The van der Waals surface area contributed by atoms with Gasteiger partial charge in [0.15, 0.2) is 12.4 Å². The predicted octanol–water partition coefficient (Wildman–Crippen LogP) is 4.92. The summed E-state index contributed by atoms with van der Waals surface area (Å²) in [5, 5.41) is 0.973. The quantitative estimate of drug-likeness (QED) is 0.376. The Balaban J connectivity index is 1.64. The van der Waals surface area contributed by atoms with Gasteiger partial charge >= 0.3 is 5.97 Å². The number of Topliss-reactive ketones (excluding diaryl/α,β-unsaturated/α-hetero) is 1. The molecule has 2 heterocycles. The fourth-order valence-electron chi connectivity index (χ4n) is 3.91. The van der Waals surface area contributed by atoms with Gasteiger partial charge in [-0.05, 0) is 64.1 Å². The molecule has 172 valence electrons. The number of allylic oxidation sites excluding steroid dienone is 1. The Labute approximate surface area is 192 Å². The summed E-state index contributed by atoms with van der Waals surface area (Å²) in [6.07, 6.45) is 3.55. The van der Waals surface area contributed by atoms with Crippen LogP contribution in [0.1, 0.15) is 42.3 Å². The standard InChI is InChI=1S/C26H27NO6/c1-6-27-13-17(20-12-18(30-5)7-9-21(20)27)11-23-25(29)19-8-10-22(16(4)26(19)33-23)31-14-24(28)32-15(2)3/h7-13,15H,6,14H2,1-5H3/b23-11+. The first-order valence-corrected chi connectivity index (χ1v) is 10.9. The number of carbonyl (C=O) groups excluding carboxylic acids is 2. The number of aromatic nitrogens is 1. The maximum atomic E-state index is 13.0. The van der Waals surface area contributed by atoms with Gasteiger partial charge in [0.2, 0.25) is 5.78 Å². The molecule has 2 aromatic carbocycles. The van der Waals surface area contributed by atoms with Crippen LogP contribution in [0.4, 0.5) is 0 Å². The number of esters is 1. The summed E-state index contributed by atoms with van der Waals surface area (Å²) in [6.45, 7) is 7.99. The summed E-state index contributed by atoms with van der Waals surface area (Å²) >= 11 is 0. The number of aryl methyl sites for hydroxylation is 1. The lowest BCUT2D eigenvalue weighted by Crippen LogP contribution is -2.19. The van der Waals surface area contributed by atoms with Crippen molar-refractivity contribution in [1.29, 1.82) is 0 Å². The molecular weight excluding hydrogens is 422 g/mol. The first kappa shape index (κ1) is 22.5. The number of ether oxygens (including phenoxy) is 4. The maximum absolute atomic E-state index is 13.0. The number of ketones is 1. The smallest absolute Gasteiger partial charge is 0.344 e. The zero-order valence-electron chi connectivity index (χ0n) is 19.4. The second-order valence-corrected chi connectivity index (χ2v) is 8.09. The van der Waals surface area contributed by atoms with Gasteiger partial charge in [-0.25, -0.2) is 4.79 Å². The van der Waals surface area contributed by atoms with Gasteiger partial charge in [-0.2, -0.15) is 0 Å². The van der Waals surface area contributed by atoms with Crippen LogP contribution in [-0.2, 0) is 16.1 Å². The van der Waals surface area contributed by atoms with E-state index in [0.717, 1.165) is 28.8 Å². The van der Waals surface area contributed by atoms with Crippen LogP contribution in [0, 0.1) is 6.92 Å². The summed E-state index contributed by atoms with van der Waals surface area (Å²) in [4.78, 5) is 24.9. The second kappa shape index (κ2) is 9.02. The number of fused-ring (bicyclic) bond motifs is 2. The van der Waals surface area contributed by atoms with Crippen LogP contribution in [-0.4, -0.2) is 36.1 Å². The molecule has 1 aliphatic heterocycles. The molecule has 7 nitrogen and oxygen atoms in total. The number of benzene rings is 2. The van der Waals surface area contributed by atoms with Crippen LogP contribution in [0.2, 0.25) is 0 Å². The monoisotopic (exact) mass is 449 g/mol. The number of rotatable bonds is 7. The van der Waals surface area contributed by atoms with E-state index in [0.29, 0.717) is 22.6 Å². The van der Waals surface area contributed by atoms with Crippen molar-refractivity contribution in [3.05, 3.63) is 59.0 Å². The van der Waals surface area contributed by atoms with Gasteiger partial charge in [0.05, 0.1) is 18.8 Å². The Morgan fingerprint density at radius 2 is 2.00 bits per heavy atom. The molecule has 7 heteroatoms. The van der Waals surface area contributed by atoms with Gasteiger partial charge in [0, 0.05) is 34.8 Å². The highest BCUT2D eigenvalue weighted by atomic mass is 16.6. The Morgan fingerprint density at radius 1 is 1.21 bits per heavy atom. The lowest BCUT2D eigenvalue weighted by atomic mass is 10.1. The lowest BCUT2D eigenvalue weighted by molar-refractivity contribution is -0.149. The van der Waals surface area contributed by atoms with E-state index in [2.05, 4.69) is 11.5 Å². The van der Waals surface area contributed by atoms with Crippen molar-refractivity contribution in [3.63, 3.8) is 0 Å². The second-order valence-electron chi connectivity index (χ2n) is 8.09. The van der Waals surface area contributed by atoms with Gasteiger partial charge in [0.25, 0.3) is 0 Å². The van der Waals surface area contributed by atoms with Crippen molar-refractivity contribution >= 4 is 28.7 Å². The van der Waals surface area contributed by atoms with Crippen LogP contribution >= 0.6 is 0 Å². The van der Waals surface area contributed by atoms with Crippen molar-refractivity contribution in [2.24, 2.45) is 0 Å². The number of carbonyl (C=O) groups is 2. The fraction of sp³-hybridized carbons (Fsp3) is 0.308. The number of nitrogens with zero attached hydrogens (tertiary/aromatic N) is 1. The molecule has 0 saturated carbocycles. The van der Waals surface area contributed by atoms with Crippen molar-refractivity contribution < 1.29 is 28.5 Å². The van der Waals surface area contributed by atoms with Crippen molar-refractivity contribution in [3.8, 4) is 17.2 Å². The minimum absolute atomic E-state index is 0.195. The zero-order chi connectivity index (χ0) is 23.7. The van der Waals surface area contributed by atoms with E-state index in [4.69, 9.17) is 18.9 Å². The first-order chi connectivity index (χ1) is 15.8.